The molecule has 0 unspecified atom stereocenters. The van der Waals surface area contributed by atoms with Crippen LogP contribution in [0.4, 0.5) is 11.4 Å². The van der Waals surface area contributed by atoms with E-state index in [0.29, 0.717) is 29.0 Å². The number of nitrogens with zero attached hydrogens (tertiary/aromatic N) is 3. The smallest absolute Gasteiger partial charge is 0.234 e. The fraction of sp³-hybridized carbons (Fsp3) is 0.304. The van der Waals surface area contributed by atoms with Crippen LogP contribution in [0, 0.1) is 13.8 Å². The third-order valence-corrected chi connectivity index (χ3v) is 5.78. The van der Waals surface area contributed by atoms with E-state index in [1.165, 1.54) is 11.8 Å². The first-order valence-corrected chi connectivity index (χ1v) is 11.2. The van der Waals surface area contributed by atoms with E-state index in [1.54, 1.807) is 19.2 Å². The average molecular weight is 454 g/mol. The Labute approximate surface area is 191 Å². The number of hydrogen-bond donors (Lipinski definition) is 2. The van der Waals surface area contributed by atoms with Crippen molar-refractivity contribution in [2.24, 2.45) is 0 Å². The van der Waals surface area contributed by atoms with Crippen LogP contribution in [0.25, 0.3) is 0 Å². The lowest BCUT2D eigenvalue weighted by Gasteiger charge is -2.11. The van der Waals surface area contributed by atoms with Gasteiger partial charge >= 0.3 is 0 Å². The highest BCUT2D eigenvalue weighted by Gasteiger charge is 2.17. The predicted molar refractivity (Wildman–Crippen MR) is 126 cm³/mol. The summed E-state index contributed by atoms with van der Waals surface area (Å²) in [5.74, 6) is 0.978. The molecule has 9 heteroatoms. The van der Waals surface area contributed by atoms with Gasteiger partial charge in [0.15, 0.2) is 5.16 Å². The fourth-order valence-corrected chi connectivity index (χ4v) is 3.97. The summed E-state index contributed by atoms with van der Waals surface area (Å²) in [6.07, 6.45) is 0.0636. The maximum absolute atomic E-state index is 12.5. The van der Waals surface area contributed by atoms with Crippen molar-refractivity contribution in [3.63, 3.8) is 0 Å². The van der Waals surface area contributed by atoms with Crippen LogP contribution in [0.1, 0.15) is 23.9 Å². The van der Waals surface area contributed by atoms with Gasteiger partial charge in [-0.2, -0.15) is 0 Å². The number of carbonyl (C=O) groups excluding carboxylic acids is 2. The van der Waals surface area contributed by atoms with Crippen molar-refractivity contribution < 1.29 is 14.3 Å². The molecule has 0 spiro atoms. The van der Waals surface area contributed by atoms with E-state index < -0.39 is 0 Å². The summed E-state index contributed by atoms with van der Waals surface area (Å²) in [5, 5.41) is 14.7. The first-order valence-electron chi connectivity index (χ1n) is 10.3. The number of rotatable bonds is 9. The van der Waals surface area contributed by atoms with Gasteiger partial charge in [-0.3, -0.25) is 9.59 Å². The van der Waals surface area contributed by atoms with Crippen LogP contribution < -0.4 is 15.4 Å². The Morgan fingerprint density at radius 3 is 2.53 bits per heavy atom. The van der Waals surface area contributed by atoms with Crippen molar-refractivity contribution in [2.45, 2.75) is 38.9 Å². The number of methoxy groups -OCH3 is 1. The van der Waals surface area contributed by atoms with Crippen LogP contribution >= 0.6 is 11.8 Å². The first-order chi connectivity index (χ1) is 15.4. The zero-order valence-electron chi connectivity index (χ0n) is 18.6. The highest BCUT2D eigenvalue weighted by atomic mass is 32.2. The largest absolute Gasteiger partial charge is 0.495 e. The first kappa shape index (κ1) is 23.3. The SMILES string of the molecule is CCn1c(CC(=O)Nc2ccccc2OC)nnc1SCC(=O)Nc1cc(C)ccc1C. The van der Waals surface area contributed by atoms with Gasteiger partial charge in [-0.25, -0.2) is 0 Å². The summed E-state index contributed by atoms with van der Waals surface area (Å²) < 4.78 is 7.11. The summed E-state index contributed by atoms with van der Waals surface area (Å²) in [4.78, 5) is 25.0. The van der Waals surface area contributed by atoms with Crippen LogP contribution in [0.2, 0.25) is 0 Å². The topological polar surface area (TPSA) is 98.1 Å². The van der Waals surface area contributed by atoms with Crippen molar-refractivity contribution in [1.29, 1.82) is 0 Å². The summed E-state index contributed by atoms with van der Waals surface area (Å²) in [7, 11) is 1.55. The number of para-hydroxylation sites is 2. The zero-order chi connectivity index (χ0) is 23.1. The number of carbonyl (C=O) groups is 2. The molecule has 1 aromatic heterocycles. The van der Waals surface area contributed by atoms with Crippen LogP contribution in [0.15, 0.2) is 47.6 Å². The Kier molecular flexibility index (Phi) is 7.88. The van der Waals surface area contributed by atoms with Gasteiger partial charge in [-0.15, -0.1) is 10.2 Å². The van der Waals surface area contributed by atoms with Crippen molar-refractivity contribution in [3.8, 4) is 5.75 Å². The van der Waals surface area contributed by atoms with Crippen LogP contribution in [-0.2, 0) is 22.6 Å². The summed E-state index contributed by atoms with van der Waals surface area (Å²) in [6.45, 7) is 6.48. The Hall–Kier alpha value is -3.33. The van der Waals surface area contributed by atoms with E-state index in [-0.39, 0.29) is 24.0 Å². The minimum absolute atomic E-state index is 0.0636. The molecule has 0 bridgehead atoms. The summed E-state index contributed by atoms with van der Waals surface area (Å²) in [6, 6.07) is 13.2. The number of nitrogens with one attached hydrogen (secondary N) is 2. The predicted octanol–water partition coefficient (Wildman–Crippen LogP) is 3.84. The van der Waals surface area contributed by atoms with Crippen LogP contribution in [-0.4, -0.2) is 39.4 Å². The van der Waals surface area contributed by atoms with Gasteiger partial charge in [-0.05, 0) is 50.1 Å². The van der Waals surface area contributed by atoms with Gasteiger partial charge in [0.2, 0.25) is 11.8 Å². The average Bonchev–Trinajstić information content (AvgIpc) is 3.16. The lowest BCUT2D eigenvalue weighted by atomic mass is 10.1. The molecular weight excluding hydrogens is 426 g/mol. The summed E-state index contributed by atoms with van der Waals surface area (Å²) in [5.41, 5.74) is 3.50. The Morgan fingerprint density at radius 2 is 1.78 bits per heavy atom. The Morgan fingerprint density at radius 1 is 1.03 bits per heavy atom. The molecule has 0 aliphatic heterocycles. The molecule has 2 aromatic carbocycles. The second-order valence-electron chi connectivity index (χ2n) is 7.22. The van der Waals surface area contributed by atoms with Crippen LogP contribution in [0.5, 0.6) is 5.75 Å². The van der Waals surface area contributed by atoms with Gasteiger partial charge in [-0.1, -0.05) is 36.0 Å². The van der Waals surface area contributed by atoms with E-state index in [2.05, 4.69) is 20.8 Å². The number of anilines is 2. The fourth-order valence-electron chi connectivity index (χ4n) is 3.15. The maximum atomic E-state index is 12.5. The number of aryl methyl sites for hydroxylation is 2. The maximum Gasteiger partial charge on any atom is 0.234 e. The third kappa shape index (κ3) is 5.88. The van der Waals surface area contributed by atoms with Crippen molar-refractivity contribution in [2.75, 3.05) is 23.5 Å². The third-order valence-electron chi connectivity index (χ3n) is 4.81. The molecule has 0 atom stereocenters. The molecule has 2 N–H and O–H groups in total. The molecule has 0 fully saturated rings. The van der Waals surface area contributed by atoms with E-state index in [4.69, 9.17) is 4.74 Å². The molecule has 168 valence electrons. The molecule has 32 heavy (non-hydrogen) atoms. The zero-order valence-corrected chi connectivity index (χ0v) is 19.5. The van der Waals surface area contributed by atoms with Gasteiger partial charge in [0.1, 0.15) is 11.6 Å². The van der Waals surface area contributed by atoms with Crippen molar-refractivity contribution in [3.05, 3.63) is 59.4 Å². The van der Waals surface area contributed by atoms with E-state index in [9.17, 15) is 9.59 Å². The van der Waals surface area contributed by atoms with E-state index >= 15 is 0 Å². The molecule has 0 aliphatic rings. The van der Waals surface area contributed by atoms with E-state index in [1.807, 2.05) is 55.7 Å². The molecule has 0 radical (unpaired) electrons. The number of thioether (sulfide) groups is 1. The number of aromatic nitrogens is 3. The molecular formula is C23H27N5O3S. The monoisotopic (exact) mass is 453 g/mol. The Bertz CT molecular complexity index is 1110. The molecule has 0 saturated heterocycles. The number of hydrogen-bond acceptors (Lipinski definition) is 6. The standard InChI is InChI=1S/C23H27N5O3S/c1-5-28-20(13-21(29)24-17-8-6-7-9-19(17)31-4)26-27-23(28)32-14-22(30)25-18-12-15(2)10-11-16(18)3/h6-12H,5,13-14H2,1-4H3,(H,24,29)(H,25,30). The van der Waals surface area contributed by atoms with Gasteiger partial charge < -0.3 is 19.9 Å². The molecule has 2 amide bonds. The molecule has 1 heterocycles. The number of amides is 2. The quantitative estimate of drug-likeness (QED) is 0.478. The summed E-state index contributed by atoms with van der Waals surface area (Å²) >= 11 is 1.29. The number of ether oxygens (including phenoxy) is 1. The normalized spacial score (nSPS) is 10.6. The molecule has 3 rings (SSSR count). The van der Waals surface area contributed by atoms with Crippen LogP contribution in [0.3, 0.4) is 0 Å². The minimum Gasteiger partial charge on any atom is -0.495 e. The second-order valence-corrected chi connectivity index (χ2v) is 8.17. The van der Waals surface area contributed by atoms with Gasteiger partial charge in [0.25, 0.3) is 0 Å². The van der Waals surface area contributed by atoms with Gasteiger partial charge in [0, 0.05) is 12.2 Å². The highest BCUT2D eigenvalue weighted by Crippen LogP contribution is 2.24. The van der Waals surface area contributed by atoms with Crippen molar-refractivity contribution >= 4 is 35.0 Å². The highest BCUT2D eigenvalue weighted by molar-refractivity contribution is 7.99. The molecule has 0 saturated carbocycles. The van der Waals surface area contributed by atoms with E-state index in [0.717, 1.165) is 16.8 Å². The lowest BCUT2D eigenvalue weighted by molar-refractivity contribution is -0.116. The lowest BCUT2D eigenvalue weighted by Crippen LogP contribution is -2.18. The number of benzene rings is 2. The molecule has 0 aliphatic carbocycles. The minimum atomic E-state index is -0.221. The second kappa shape index (κ2) is 10.8. The molecule has 8 nitrogen and oxygen atoms in total. The Balaban J connectivity index is 1.61. The van der Waals surface area contributed by atoms with Crippen molar-refractivity contribution in [1.82, 2.24) is 14.8 Å². The molecule has 3 aromatic rings. The van der Waals surface area contributed by atoms with Gasteiger partial charge in [0.05, 0.1) is 25.0 Å².